The van der Waals surface area contributed by atoms with Crippen LogP contribution in [0.2, 0.25) is 0 Å². The van der Waals surface area contributed by atoms with E-state index in [4.69, 9.17) is 10.5 Å². The molecule has 3 N–H and O–H groups in total. The van der Waals surface area contributed by atoms with Crippen LogP contribution in [0.1, 0.15) is 5.56 Å². The van der Waals surface area contributed by atoms with E-state index in [2.05, 4.69) is 20.7 Å². The third kappa shape index (κ3) is 3.68. The first-order chi connectivity index (χ1) is 9.81. The van der Waals surface area contributed by atoms with Gasteiger partial charge in [-0.15, -0.1) is 0 Å². The molecule has 0 unspecified atom stereocenters. The Morgan fingerprint density at radius 1 is 1.19 bits per heavy atom. The van der Waals surface area contributed by atoms with Crippen LogP contribution in [0.25, 0.3) is 0 Å². The topological polar surface area (TPSA) is 81.4 Å². The number of hydrogen-bond donors (Lipinski definition) is 2. The van der Waals surface area contributed by atoms with Crippen molar-refractivity contribution in [1.29, 1.82) is 0 Å². The highest BCUT2D eigenvalue weighted by Crippen LogP contribution is 2.27. The van der Waals surface area contributed by atoms with Gasteiger partial charge in [0.25, 0.3) is 10.0 Å². The predicted octanol–water partition coefficient (Wildman–Crippen LogP) is 3.15. The molecule has 0 heterocycles. The van der Waals surface area contributed by atoms with Gasteiger partial charge in [0, 0.05) is 16.2 Å². The summed E-state index contributed by atoms with van der Waals surface area (Å²) in [5.74, 6) is 0.551. The van der Waals surface area contributed by atoms with Crippen molar-refractivity contribution in [3.63, 3.8) is 0 Å². The van der Waals surface area contributed by atoms with Crippen LogP contribution in [0.5, 0.6) is 5.75 Å². The molecule has 21 heavy (non-hydrogen) atoms. The Kier molecular flexibility index (Phi) is 4.43. The van der Waals surface area contributed by atoms with Crippen LogP contribution in [0.4, 0.5) is 11.4 Å². The van der Waals surface area contributed by atoms with Gasteiger partial charge in [-0.05, 0) is 42.8 Å². The van der Waals surface area contributed by atoms with E-state index in [1.807, 2.05) is 0 Å². The van der Waals surface area contributed by atoms with Crippen molar-refractivity contribution in [2.75, 3.05) is 17.6 Å². The molecule has 0 radical (unpaired) electrons. The molecule has 2 rings (SSSR count). The highest BCUT2D eigenvalue weighted by molar-refractivity contribution is 9.10. The van der Waals surface area contributed by atoms with Crippen molar-refractivity contribution in [3.05, 3.63) is 46.4 Å². The molecule has 0 atom stereocenters. The van der Waals surface area contributed by atoms with Gasteiger partial charge < -0.3 is 10.5 Å². The van der Waals surface area contributed by atoms with Gasteiger partial charge in [-0.25, -0.2) is 8.42 Å². The van der Waals surface area contributed by atoms with E-state index in [0.29, 0.717) is 27.2 Å². The zero-order chi connectivity index (χ0) is 15.6. The average Bonchev–Trinajstić information content (AvgIpc) is 2.40. The van der Waals surface area contributed by atoms with E-state index in [-0.39, 0.29) is 4.90 Å². The minimum Gasteiger partial charge on any atom is -0.497 e. The summed E-state index contributed by atoms with van der Waals surface area (Å²) in [6.45, 7) is 1.76. The largest absolute Gasteiger partial charge is 0.497 e. The lowest BCUT2D eigenvalue weighted by Crippen LogP contribution is -2.13. The zero-order valence-electron chi connectivity index (χ0n) is 11.6. The Labute approximate surface area is 132 Å². The highest BCUT2D eigenvalue weighted by Gasteiger charge is 2.15. The number of methoxy groups -OCH3 is 1. The smallest absolute Gasteiger partial charge is 0.261 e. The number of nitrogens with one attached hydrogen (secondary N) is 1. The molecule has 2 aromatic rings. The number of benzene rings is 2. The first kappa shape index (κ1) is 15.7. The van der Waals surface area contributed by atoms with Crippen LogP contribution >= 0.6 is 15.9 Å². The summed E-state index contributed by atoms with van der Waals surface area (Å²) in [7, 11) is -2.16. The lowest BCUT2D eigenvalue weighted by Gasteiger charge is -2.11. The van der Waals surface area contributed by atoms with Crippen LogP contribution in [0.3, 0.4) is 0 Å². The Hall–Kier alpha value is -1.73. The molecule has 0 amide bonds. The maximum absolute atomic E-state index is 12.4. The fraction of sp³-hybridized carbons (Fsp3) is 0.143. The van der Waals surface area contributed by atoms with Gasteiger partial charge in [0.1, 0.15) is 5.75 Å². The molecular weight excluding hydrogens is 356 g/mol. The number of nitrogens with two attached hydrogens (primary N) is 1. The highest BCUT2D eigenvalue weighted by atomic mass is 79.9. The predicted molar refractivity (Wildman–Crippen MR) is 87.1 cm³/mol. The third-order valence-corrected chi connectivity index (χ3v) is 4.75. The molecule has 0 saturated heterocycles. The molecule has 0 saturated carbocycles. The second-order valence-corrected chi connectivity index (χ2v) is 7.10. The maximum atomic E-state index is 12.4. The van der Waals surface area contributed by atoms with Gasteiger partial charge >= 0.3 is 0 Å². The summed E-state index contributed by atoms with van der Waals surface area (Å²) in [6, 6.07) is 9.58. The monoisotopic (exact) mass is 370 g/mol. The van der Waals surface area contributed by atoms with E-state index in [1.54, 1.807) is 31.2 Å². The molecular formula is C14H15BrN2O3S. The van der Waals surface area contributed by atoms with Crippen LogP contribution in [-0.4, -0.2) is 15.5 Å². The Morgan fingerprint density at radius 3 is 2.52 bits per heavy atom. The molecule has 0 aliphatic carbocycles. The van der Waals surface area contributed by atoms with Crippen molar-refractivity contribution in [1.82, 2.24) is 0 Å². The zero-order valence-corrected chi connectivity index (χ0v) is 14.0. The lowest BCUT2D eigenvalue weighted by molar-refractivity contribution is 0.415. The summed E-state index contributed by atoms with van der Waals surface area (Å²) in [5, 5.41) is 0. The van der Waals surface area contributed by atoms with E-state index in [9.17, 15) is 8.42 Å². The summed E-state index contributed by atoms with van der Waals surface area (Å²) < 4.78 is 33.1. The van der Waals surface area contributed by atoms with E-state index < -0.39 is 10.0 Å². The standard InChI is InChI=1S/C14H15BrN2O3S/c1-9-5-13(3-4-14(9)16)21(18,19)17-11-6-10(15)7-12(8-11)20-2/h3-8,17H,16H2,1-2H3. The molecule has 0 bridgehead atoms. The number of nitrogen functional groups attached to an aromatic ring is 1. The quantitative estimate of drug-likeness (QED) is 0.809. The molecule has 2 aromatic carbocycles. The lowest BCUT2D eigenvalue weighted by atomic mass is 10.2. The van der Waals surface area contributed by atoms with Gasteiger partial charge in [-0.1, -0.05) is 15.9 Å². The van der Waals surface area contributed by atoms with Crippen LogP contribution in [0.15, 0.2) is 45.8 Å². The second kappa shape index (κ2) is 5.95. The van der Waals surface area contributed by atoms with Gasteiger partial charge in [0.2, 0.25) is 0 Å². The van der Waals surface area contributed by atoms with E-state index >= 15 is 0 Å². The molecule has 5 nitrogen and oxygen atoms in total. The number of rotatable bonds is 4. The molecule has 0 fully saturated rings. The maximum Gasteiger partial charge on any atom is 0.261 e. The SMILES string of the molecule is COc1cc(Br)cc(NS(=O)(=O)c2ccc(N)c(C)c2)c1. The van der Waals surface area contributed by atoms with Crippen LogP contribution < -0.4 is 15.2 Å². The second-order valence-electron chi connectivity index (χ2n) is 4.50. The Bertz CT molecular complexity index is 776. The molecule has 0 spiro atoms. The molecule has 0 aromatic heterocycles. The first-order valence-corrected chi connectivity index (χ1v) is 8.33. The van der Waals surface area contributed by atoms with Gasteiger partial charge in [-0.3, -0.25) is 4.72 Å². The van der Waals surface area contributed by atoms with Crippen molar-refractivity contribution < 1.29 is 13.2 Å². The molecule has 7 heteroatoms. The molecule has 0 aliphatic heterocycles. The Morgan fingerprint density at radius 2 is 1.90 bits per heavy atom. The number of sulfonamides is 1. The third-order valence-electron chi connectivity index (χ3n) is 2.91. The number of halogens is 1. The van der Waals surface area contributed by atoms with Crippen LogP contribution in [0, 0.1) is 6.92 Å². The molecule has 112 valence electrons. The molecule has 0 aliphatic rings. The summed E-state index contributed by atoms with van der Waals surface area (Å²) in [6.07, 6.45) is 0. The average molecular weight is 371 g/mol. The summed E-state index contributed by atoms with van der Waals surface area (Å²) >= 11 is 3.31. The van der Waals surface area contributed by atoms with Crippen molar-refractivity contribution in [2.24, 2.45) is 0 Å². The number of aryl methyl sites for hydroxylation is 1. The Balaban J connectivity index is 2.37. The van der Waals surface area contributed by atoms with Gasteiger partial charge in [0.15, 0.2) is 0 Å². The number of anilines is 2. The minimum absolute atomic E-state index is 0.160. The van der Waals surface area contributed by atoms with Crippen LogP contribution in [-0.2, 0) is 10.0 Å². The minimum atomic E-state index is -3.68. The van der Waals surface area contributed by atoms with Crippen molar-refractivity contribution in [2.45, 2.75) is 11.8 Å². The van der Waals surface area contributed by atoms with E-state index in [1.165, 1.54) is 19.2 Å². The van der Waals surface area contributed by atoms with Crippen molar-refractivity contribution in [3.8, 4) is 5.75 Å². The normalized spacial score (nSPS) is 11.2. The van der Waals surface area contributed by atoms with Gasteiger partial charge in [-0.2, -0.15) is 0 Å². The van der Waals surface area contributed by atoms with E-state index in [0.717, 1.165) is 0 Å². The fourth-order valence-corrected chi connectivity index (χ4v) is 3.37. The summed E-state index contributed by atoms with van der Waals surface area (Å²) in [5.41, 5.74) is 7.38. The van der Waals surface area contributed by atoms with Gasteiger partial charge in [0.05, 0.1) is 17.7 Å². The number of ether oxygens (including phenoxy) is 1. The first-order valence-electron chi connectivity index (χ1n) is 6.05. The van der Waals surface area contributed by atoms with Crippen molar-refractivity contribution >= 4 is 37.3 Å². The summed E-state index contributed by atoms with van der Waals surface area (Å²) in [4.78, 5) is 0.160. The fourth-order valence-electron chi connectivity index (χ4n) is 1.77. The number of hydrogen-bond acceptors (Lipinski definition) is 4.